The minimum absolute atomic E-state index is 0.190. The smallest absolute Gasteiger partial charge is 0.0475 e. The molecular weight excluding hydrogens is 328 g/mol. The van der Waals surface area contributed by atoms with Gasteiger partial charge in [0.1, 0.15) is 0 Å². The molecule has 3 nitrogen and oxygen atoms in total. The first-order valence-corrected chi connectivity index (χ1v) is 8.24. The second kappa shape index (κ2) is 6.77. The van der Waals surface area contributed by atoms with Crippen molar-refractivity contribution < 1.29 is 4.74 Å². The summed E-state index contributed by atoms with van der Waals surface area (Å²) < 4.78 is 6.71. The minimum Gasteiger partial charge on any atom is -0.381 e. The zero-order valence-corrected chi connectivity index (χ0v) is 13.7. The molecule has 0 spiro atoms. The van der Waals surface area contributed by atoms with Gasteiger partial charge in [-0.3, -0.25) is 0 Å². The lowest BCUT2D eigenvalue weighted by Gasteiger charge is -2.38. The van der Waals surface area contributed by atoms with Gasteiger partial charge in [0.15, 0.2) is 0 Å². The summed E-state index contributed by atoms with van der Waals surface area (Å²) in [5, 5.41) is 3.62. The Bertz CT molecular complexity index is 545. The van der Waals surface area contributed by atoms with Gasteiger partial charge in [-0.05, 0) is 42.2 Å². The van der Waals surface area contributed by atoms with Crippen LogP contribution in [0.15, 0.2) is 47.2 Å². The molecule has 0 atom stereocenters. The average molecular weight is 349 g/mol. The van der Waals surface area contributed by atoms with Crippen LogP contribution in [0.5, 0.6) is 0 Å². The van der Waals surface area contributed by atoms with Gasteiger partial charge in [0.2, 0.25) is 0 Å². The SMILES string of the molecule is Brc1ccc(C2(CNCc3cc[nH]c3)CCOCC2)cc1. The third-order valence-electron chi connectivity index (χ3n) is 4.36. The van der Waals surface area contributed by atoms with Gasteiger partial charge in [-0.1, -0.05) is 28.1 Å². The van der Waals surface area contributed by atoms with Crippen molar-refractivity contribution in [3.8, 4) is 0 Å². The molecule has 1 aromatic carbocycles. The molecular formula is C17H21BrN2O. The Hall–Kier alpha value is -1.10. The van der Waals surface area contributed by atoms with E-state index in [0.717, 1.165) is 43.6 Å². The summed E-state index contributed by atoms with van der Waals surface area (Å²) in [4.78, 5) is 3.10. The topological polar surface area (TPSA) is 37.0 Å². The Labute approximate surface area is 134 Å². The number of aromatic amines is 1. The quantitative estimate of drug-likeness (QED) is 0.865. The van der Waals surface area contributed by atoms with E-state index in [9.17, 15) is 0 Å². The zero-order chi connectivity index (χ0) is 14.5. The van der Waals surface area contributed by atoms with Crippen molar-refractivity contribution in [3.63, 3.8) is 0 Å². The van der Waals surface area contributed by atoms with Gasteiger partial charge in [-0.25, -0.2) is 0 Å². The van der Waals surface area contributed by atoms with Crippen molar-refractivity contribution in [3.05, 3.63) is 58.3 Å². The Morgan fingerprint density at radius 3 is 2.57 bits per heavy atom. The Kier molecular flexibility index (Phi) is 4.78. The molecule has 21 heavy (non-hydrogen) atoms. The van der Waals surface area contributed by atoms with Crippen LogP contribution >= 0.6 is 15.9 Å². The first-order valence-electron chi connectivity index (χ1n) is 7.45. The highest BCUT2D eigenvalue weighted by molar-refractivity contribution is 9.10. The average Bonchev–Trinajstić information content (AvgIpc) is 3.02. The number of benzene rings is 1. The molecule has 1 saturated heterocycles. The third-order valence-corrected chi connectivity index (χ3v) is 4.89. The summed E-state index contributed by atoms with van der Waals surface area (Å²) in [6, 6.07) is 10.9. The molecule has 0 radical (unpaired) electrons. The molecule has 0 amide bonds. The van der Waals surface area contributed by atoms with Crippen molar-refractivity contribution in [1.82, 2.24) is 10.3 Å². The Morgan fingerprint density at radius 1 is 1.14 bits per heavy atom. The molecule has 4 heteroatoms. The fraction of sp³-hybridized carbons (Fsp3) is 0.412. The third kappa shape index (κ3) is 3.57. The lowest BCUT2D eigenvalue weighted by Crippen LogP contribution is -2.42. The summed E-state index contributed by atoms with van der Waals surface area (Å²) in [6.07, 6.45) is 6.17. The van der Waals surface area contributed by atoms with E-state index in [1.807, 2.05) is 12.4 Å². The Balaban J connectivity index is 1.71. The zero-order valence-electron chi connectivity index (χ0n) is 12.1. The maximum Gasteiger partial charge on any atom is 0.0475 e. The number of hydrogen-bond donors (Lipinski definition) is 2. The highest BCUT2D eigenvalue weighted by atomic mass is 79.9. The van der Waals surface area contributed by atoms with E-state index in [0.29, 0.717) is 0 Å². The fourth-order valence-corrected chi connectivity index (χ4v) is 3.31. The van der Waals surface area contributed by atoms with E-state index in [2.05, 4.69) is 56.6 Å². The van der Waals surface area contributed by atoms with Crippen LogP contribution in [-0.2, 0) is 16.7 Å². The number of halogens is 1. The van der Waals surface area contributed by atoms with E-state index in [1.54, 1.807) is 0 Å². The summed E-state index contributed by atoms with van der Waals surface area (Å²) >= 11 is 3.52. The van der Waals surface area contributed by atoms with Crippen LogP contribution < -0.4 is 5.32 Å². The maximum atomic E-state index is 5.58. The molecule has 1 aliphatic heterocycles. The minimum atomic E-state index is 0.190. The highest BCUT2D eigenvalue weighted by Gasteiger charge is 2.33. The fourth-order valence-electron chi connectivity index (χ4n) is 3.05. The van der Waals surface area contributed by atoms with Crippen LogP contribution in [-0.4, -0.2) is 24.7 Å². The van der Waals surface area contributed by atoms with Crippen LogP contribution in [0.3, 0.4) is 0 Å². The van der Waals surface area contributed by atoms with Gasteiger partial charge in [0, 0.05) is 48.6 Å². The van der Waals surface area contributed by atoms with Crippen molar-refractivity contribution in [2.45, 2.75) is 24.8 Å². The Morgan fingerprint density at radius 2 is 1.90 bits per heavy atom. The molecule has 112 valence electrons. The van der Waals surface area contributed by atoms with Crippen LogP contribution in [0.2, 0.25) is 0 Å². The molecule has 0 bridgehead atoms. The van der Waals surface area contributed by atoms with Crippen LogP contribution in [0.1, 0.15) is 24.0 Å². The predicted molar refractivity (Wildman–Crippen MR) is 88.4 cm³/mol. The summed E-state index contributed by atoms with van der Waals surface area (Å²) in [5.41, 5.74) is 2.90. The first-order chi connectivity index (χ1) is 10.3. The number of nitrogens with one attached hydrogen (secondary N) is 2. The predicted octanol–water partition coefficient (Wildman–Crippen LogP) is 3.62. The lowest BCUT2D eigenvalue weighted by molar-refractivity contribution is 0.0498. The molecule has 2 N–H and O–H groups in total. The van der Waals surface area contributed by atoms with Crippen LogP contribution in [0.4, 0.5) is 0 Å². The molecule has 1 aliphatic rings. The highest BCUT2D eigenvalue weighted by Crippen LogP contribution is 2.35. The number of ether oxygens (including phenoxy) is 1. The van der Waals surface area contributed by atoms with Crippen molar-refractivity contribution in [2.24, 2.45) is 0 Å². The van der Waals surface area contributed by atoms with Gasteiger partial charge in [0.25, 0.3) is 0 Å². The van der Waals surface area contributed by atoms with Crippen LogP contribution in [0, 0.1) is 0 Å². The first kappa shape index (κ1) is 14.8. The van der Waals surface area contributed by atoms with Gasteiger partial charge in [-0.2, -0.15) is 0 Å². The standard InChI is InChI=1S/C17H21BrN2O/c18-16-3-1-15(2-4-16)17(6-9-21-10-7-17)13-20-12-14-5-8-19-11-14/h1-5,8,11,19-20H,6-7,9-10,12-13H2. The van der Waals surface area contributed by atoms with Gasteiger partial charge < -0.3 is 15.0 Å². The second-order valence-corrected chi connectivity index (χ2v) is 6.64. The van der Waals surface area contributed by atoms with Gasteiger partial charge in [-0.15, -0.1) is 0 Å². The number of aromatic nitrogens is 1. The van der Waals surface area contributed by atoms with E-state index in [4.69, 9.17) is 4.74 Å². The summed E-state index contributed by atoms with van der Waals surface area (Å²) in [5.74, 6) is 0. The van der Waals surface area contributed by atoms with Crippen LogP contribution in [0.25, 0.3) is 0 Å². The van der Waals surface area contributed by atoms with Gasteiger partial charge in [0.05, 0.1) is 0 Å². The molecule has 2 aromatic rings. The van der Waals surface area contributed by atoms with Crippen molar-refractivity contribution >= 4 is 15.9 Å². The molecule has 3 rings (SSSR count). The second-order valence-electron chi connectivity index (χ2n) is 5.72. The molecule has 0 unspecified atom stereocenters. The van der Waals surface area contributed by atoms with E-state index >= 15 is 0 Å². The van der Waals surface area contributed by atoms with E-state index in [1.165, 1.54) is 11.1 Å². The normalized spacial score (nSPS) is 17.8. The molecule has 2 heterocycles. The van der Waals surface area contributed by atoms with Gasteiger partial charge >= 0.3 is 0 Å². The molecule has 0 aliphatic carbocycles. The van der Waals surface area contributed by atoms with E-state index < -0.39 is 0 Å². The number of H-pyrrole nitrogens is 1. The van der Waals surface area contributed by atoms with E-state index in [-0.39, 0.29) is 5.41 Å². The lowest BCUT2D eigenvalue weighted by atomic mass is 9.74. The molecule has 1 fully saturated rings. The number of hydrogen-bond acceptors (Lipinski definition) is 2. The molecule has 0 saturated carbocycles. The van der Waals surface area contributed by atoms with Crippen molar-refractivity contribution in [2.75, 3.05) is 19.8 Å². The van der Waals surface area contributed by atoms with Crippen molar-refractivity contribution in [1.29, 1.82) is 0 Å². The largest absolute Gasteiger partial charge is 0.381 e. The summed E-state index contributed by atoms with van der Waals surface area (Å²) in [7, 11) is 0. The number of rotatable bonds is 5. The maximum absolute atomic E-state index is 5.58. The molecule has 1 aromatic heterocycles. The monoisotopic (exact) mass is 348 g/mol. The summed E-state index contributed by atoms with van der Waals surface area (Å²) in [6.45, 7) is 3.59.